The van der Waals surface area contributed by atoms with Crippen molar-refractivity contribution in [3.8, 4) is 0 Å². The molecule has 1 aromatic carbocycles. The maximum absolute atomic E-state index is 6.26. The lowest BCUT2D eigenvalue weighted by Crippen LogP contribution is -2.11. The monoisotopic (exact) mass is 343 g/mol. The Bertz CT molecular complexity index is 478. The summed E-state index contributed by atoms with van der Waals surface area (Å²) in [6, 6.07) is 10.7. The molecule has 84 valence electrons. The van der Waals surface area contributed by atoms with E-state index in [9.17, 15) is 0 Å². The van der Waals surface area contributed by atoms with E-state index in [2.05, 4.69) is 65.2 Å². The van der Waals surface area contributed by atoms with E-state index < -0.39 is 0 Å². The summed E-state index contributed by atoms with van der Waals surface area (Å²) in [4.78, 5) is 0. The van der Waals surface area contributed by atoms with Crippen molar-refractivity contribution in [3.05, 3.63) is 55.3 Å². The molecule has 0 radical (unpaired) electrons. The van der Waals surface area contributed by atoms with Crippen LogP contribution in [0.15, 0.2) is 35.7 Å². The fourth-order valence-electron chi connectivity index (χ4n) is 1.69. The summed E-state index contributed by atoms with van der Waals surface area (Å²) in [6.07, 6.45) is 1.06. The summed E-state index contributed by atoms with van der Waals surface area (Å²) in [5.41, 5.74) is 10.0. The molecule has 2 N–H and O–H groups in total. The Morgan fingerprint density at radius 3 is 2.75 bits per heavy atom. The van der Waals surface area contributed by atoms with Crippen LogP contribution in [0.3, 0.4) is 0 Å². The fourth-order valence-corrected chi connectivity index (χ4v) is 3.09. The van der Waals surface area contributed by atoms with E-state index in [-0.39, 0.29) is 6.04 Å². The van der Waals surface area contributed by atoms with E-state index in [1.165, 1.54) is 19.6 Å². The molecule has 0 saturated carbocycles. The van der Waals surface area contributed by atoms with Crippen LogP contribution in [0.2, 0.25) is 0 Å². The van der Waals surface area contributed by atoms with Gasteiger partial charge in [0.05, 0.1) is 8.93 Å². The van der Waals surface area contributed by atoms with Crippen molar-refractivity contribution in [2.45, 2.75) is 19.4 Å². The molecule has 2 aromatic rings. The van der Waals surface area contributed by atoms with Gasteiger partial charge in [-0.3, -0.25) is 0 Å². The third-order valence-corrected chi connectivity index (χ3v) is 4.47. The van der Waals surface area contributed by atoms with Gasteiger partial charge in [-0.05, 0) is 57.1 Å². The van der Waals surface area contributed by atoms with E-state index >= 15 is 0 Å². The fraction of sp³-hybridized carbons (Fsp3) is 0.231. The normalized spacial score (nSPS) is 12.7. The van der Waals surface area contributed by atoms with Gasteiger partial charge in [-0.25, -0.2) is 0 Å². The highest BCUT2D eigenvalue weighted by Gasteiger charge is 2.10. The Kier molecular flexibility index (Phi) is 4.00. The lowest BCUT2D eigenvalue weighted by atomic mass is 9.99. The quantitative estimate of drug-likeness (QED) is 0.839. The zero-order valence-corrected chi connectivity index (χ0v) is 12.1. The average Bonchev–Trinajstić information content (AvgIpc) is 2.75. The minimum atomic E-state index is 0.00580. The van der Waals surface area contributed by atoms with Crippen LogP contribution in [0.5, 0.6) is 0 Å². The second-order valence-corrected chi connectivity index (χ2v) is 6.57. The zero-order valence-electron chi connectivity index (χ0n) is 9.11. The third-order valence-electron chi connectivity index (χ3n) is 2.67. The van der Waals surface area contributed by atoms with Crippen molar-refractivity contribution in [2.75, 3.05) is 0 Å². The second-order valence-electron chi connectivity index (χ2n) is 3.76. The molecule has 0 aliphatic heterocycles. The first-order valence-corrected chi connectivity index (χ1v) is 7.25. The van der Waals surface area contributed by atoms with Gasteiger partial charge < -0.3 is 5.73 Å². The number of aryl methyl sites for hydroxylation is 1. The summed E-state index contributed by atoms with van der Waals surface area (Å²) < 4.78 is 1.29. The minimum absolute atomic E-state index is 0.00580. The van der Waals surface area contributed by atoms with E-state index in [1.54, 1.807) is 11.3 Å². The summed E-state index contributed by atoms with van der Waals surface area (Å²) in [6.45, 7) is 2.16. The number of rotatable bonds is 3. The summed E-state index contributed by atoms with van der Waals surface area (Å²) in [5.74, 6) is 0. The van der Waals surface area contributed by atoms with E-state index in [1.807, 2.05) is 0 Å². The van der Waals surface area contributed by atoms with Crippen LogP contribution in [0, 0.1) is 2.88 Å². The zero-order chi connectivity index (χ0) is 11.5. The predicted molar refractivity (Wildman–Crippen MR) is 78.9 cm³/mol. The Morgan fingerprint density at radius 2 is 2.12 bits per heavy atom. The molecule has 1 nitrogen and oxygen atoms in total. The van der Waals surface area contributed by atoms with Crippen molar-refractivity contribution >= 4 is 33.9 Å². The highest BCUT2D eigenvalue weighted by molar-refractivity contribution is 14.1. The molecule has 0 aliphatic rings. The summed E-state index contributed by atoms with van der Waals surface area (Å²) in [7, 11) is 0. The molecule has 1 unspecified atom stereocenters. The topological polar surface area (TPSA) is 26.0 Å². The smallest absolute Gasteiger partial charge is 0.0656 e. The molecule has 1 aromatic heterocycles. The molecule has 2 rings (SSSR count). The SMILES string of the molecule is CCc1cccc(C(N)c2csc(I)c2)c1. The average molecular weight is 343 g/mol. The van der Waals surface area contributed by atoms with Crippen molar-refractivity contribution in [3.63, 3.8) is 0 Å². The molecule has 0 aliphatic carbocycles. The van der Waals surface area contributed by atoms with Gasteiger partial charge in [0.2, 0.25) is 0 Å². The van der Waals surface area contributed by atoms with Crippen LogP contribution >= 0.6 is 33.9 Å². The highest BCUT2D eigenvalue weighted by Crippen LogP contribution is 2.26. The van der Waals surface area contributed by atoms with Crippen LogP contribution in [-0.4, -0.2) is 0 Å². The molecule has 0 saturated heterocycles. The minimum Gasteiger partial charge on any atom is -0.320 e. The standard InChI is InChI=1S/C13H14INS/c1-2-9-4-3-5-10(6-9)13(15)11-7-12(14)16-8-11/h3-8,13H,2,15H2,1H3. The first-order valence-electron chi connectivity index (χ1n) is 5.29. The predicted octanol–water partition coefficient (Wildman–Crippen LogP) is 3.96. The second kappa shape index (κ2) is 5.29. The Labute approximate surface area is 114 Å². The maximum Gasteiger partial charge on any atom is 0.0656 e. The van der Waals surface area contributed by atoms with Gasteiger partial charge in [0.25, 0.3) is 0 Å². The van der Waals surface area contributed by atoms with Gasteiger partial charge in [-0.15, -0.1) is 11.3 Å². The van der Waals surface area contributed by atoms with Gasteiger partial charge in [0.1, 0.15) is 0 Å². The van der Waals surface area contributed by atoms with Gasteiger partial charge >= 0.3 is 0 Å². The van der Waals surface area contributed by atoms with Crippen molar-refractivity contribution < 1.29 is 0 Å². The van der Waals surface area contributed by atoms with Crippen LogP contribution in [0.1, 0.15) is 29.7 Å². The lowest BCUT2D eigenvalue weighted by molar-refractivity contribution is 0.872. The summed E-state index contributed by atoms with van der Waals surface area (Å²) in [5, 5.41) is 2.14. The number of thiophene rings is 1. The van der Waals surface area contributed by atoms with E-state index in [0.29, 0.717) is 0 Å². The molecule has 0 spiro atoms. The Hall–Kier alpha value is -0.390. The van der Waals surface area contributed by atoms with Crippen molar-refractivity contribution in [2.24, 2.45) is 5.73 Å². The number of halogens is 1. The number of hydrogen-bond donors (Lipinski definition) is 1. The largest absolute Gasteiger partial charge is 0.320 e. The summed E-state index contributed by atoms with van der Waals surface area (Å²) >= 11 is 4.07. The van der Waals surface area contributed by atoms with Crippen molar-refractivity contribution in [1.82, 2.24) is 0 Å². The van der Waals surface area contributed by atoms with Gasteiger partial charge in [0, 0.05) is 0 Å². The first kappa shape index (κ1) is 12.1. The number of hydrogen-bond acceptors (Lipinski definition) is 2. The Morgan fingerprint density at radius 1 is 1.31 bits per heavy atom. The highest BCUT2D eigenvalue weighted by atomic mass is 127. The molecule has 1 heterocycles. The van der Waals surface area contributed by atoms with Gasteiger partial charge in [-0.1, -0.05) is 31.2 Å². The first-order chi connectivity index (χ1) is 7.70. The van der Waals surface area contributed by atoms with Crippen LogP contribution in [0.25, 0.3) is 0 Å². The Balaban J connectivity index is 2.29. The van der Waals surface area contributed by atoms with Gasteiger partial charge in [0.15, 0.2) is 0 Å². The maximum atomic E-state index is 6.26. The van der Waals surface area contributed by atoms with E-state index in [4.69, 9.17) is 5.73 Å². The lowest BCUT2D eigenvalue weighted by Gasteiger charge is -2.11. The molecule has 1 atom stereocenters. The molecule has 16 heavy (non-hydrogen) atoms. The molecule has 0 amide bonds. The molecule has 0 bridgehead atoms. The van der Waals surface area contributed by atoms with Crippen LogP contribution < -0.4 is 5.73 Å². The van der Waals surface area contributed by atoms with Crippen molar-refractivity contribution in [1.29, 1.82) is 0 Å². The molecular formula is C13H14INS. The number of benzene rings is 1. The van der Waals surface area contributed by atoms with Crippen LogP contribution in [0.4, 0.5) is 0 Å². The van der Waals surface area contributed by atoms with E-state index in [0.717, 1.165) is 6.42 Å². The van der Waals surface area contributed by atoms with Gasteiger partial charge in [-0.2, -0.15) is 0 Å². The molecule has 3 heteroatoms. The van der Waals surface area contributed by atoms with Crippen LogP contribution in [-0.2, 0) is 6.42 Å². The third kappa shape index (κ3) is 2.64. The molecular weight excluding hydrogens is 329 g/mol. The number of nitrogens with two attached hydrogens (primary N) is 1. The molecule has 0 fully saturated rings.